The molecule has 0 aliphatic carbocycles. The number of nitrogens with one attached hydrogen (secondary N) is 2. The van der Waals surface area contributed by atoms with Crippen molar-refractivity contribution in [2.75, 3.05) is 19.6 Å². The van der Waals surface area contributed by atoms with Gasteiger partial charge < -0.3 is 10.6 Å². The van der Waals surface area contributed by atoms with E-state index in [4.69, 9.17) is 0 Å². The third kappa shape index (κ3) is 4.18. The number of hydrogen-bond acceptors (Lipinski definition) is 3. The quantitative estimate of drug-likeness (QED) is 0.764. The van der Waals surface area contributed by atoms with Gasteiger partial charge in [-0.05, 0) is 38.1 Å². The van der Waals surface area contributed by atoms with Crippen molar-refractivity contribution in [1.29, 1.82) is 0 Å². The standard InChI is InChI=1S/C15H29N3O/c1-4-18(10-15(19)16-9-11(2)3)14-7-12-5-6-13(8-14)17-12/h11-14,17H,4-10H2,1-3H3,(H,16,19). The van der Waals surface area contributed by atoms with E-state index in [-0.39, 0.29) is 5.91 Å². The fourth-order valence-corrected chi connectivity index (χ4v) is 3.38. The van der Waals surface area contributed by atoms with E-state index in [1.165, 1.54) is 25.7 Å². The molecule has 2 fully saturated rings. The molecule has 2 heterocycles. The molecule has 2 N–H and O–H groups in total. The van der Waals surface area contributed by atoms with Gasteiger partial charge in [0.1, 0.15) is 0 Å². The fraction of sp³-hybridized carbons (Fsp3) is 0.933. The van der Waals surface area contributed by atoms with Crippen LogP contribution in [-0.2, 0) is 4.79 Å². The van der Waals surface area contributed by atoms with Gasteiger partial charge in [-0.25, -0.2) is 0 Å². The van der Waals surface area contributed by atoms with Gasteiger partial charge in [0, 0.05) is 24.7 Å². The first-order chi connectivity index (χ1) is 9.08. The van der Waals surface area contributed by atoms with Gasteiger partial charge in [0.25, 0.3) is 0 Å². The predicted octanol–water partition coefficient (Wildman–Crippen LogP) is 1.36. The summed E-state index contributed by atoms with van der Waals surface area (Å²) < 4.78 is 0. The predicted molar refractivity (Wildman–Crippen MR) is 78.1 cm³/mol. The maximum absolute atomic E-state index is 12.0. The minimum absolute atomic E-state index is 0.182. The van der Waals surface area contributed by atoms with Crippen molar-refractivity contribution in [3.05, 3.63) is 0 Å². The van der Waals surface area contributed by atoms with Gasteiger partial charge in [0.2, 0.25) is 5.91 Å². The molecule has 1 amide bonds. The van der Waals surface area contributed by atoms with Crippen molar-refractivity contribution in [2.24, 2.45) is 5.92 Å². The van der Waals surface area contributed by atoms with Gasteiger partial charge in [-0.2, -0.15) is 0 Å². The Morgan fingerprint density at radius 1 is 1.32 bits per heavy atom. The van der Waals surface area contributed by atoms with E-state index < -0.39 is 0 Å². The molecule has 4 nitrogen and oxygen atoms in total. The van der Waals surface area contributed by atoms with Crippen molar-refractivity contribution in [3.63, 3.8) is 0 Å². The molecule has 2 rings (SSSR count). The Kier molecular flexibility index (Phi) is 5.22. The third-order valence-corrected chi connectivity index (χ3v) is 4.42. The Bertz CT molecular complexity index is 294. The maximum Gasteiger partial charge on any atom is 0.234 e. The molecule has 0 radical (unpaired) electrons. The second-order valence-corrected chi connectivity index (χ2v) is 6.52. The lowest BCUT2D eigenvalue weighted by Gasteiger charge is -2.36. The van der Waals surface area contributed by atoms with Crippen LogP contribution in [0, 0.1) is 5.92 Å². The van der Waals surface area contributed by atoms with E-state index in [0.29, 0.717) is 30.6 Å². The second kappa shape index (κ2) is 6.71. The van der Waals surface area contributed by atoms with E-state index in [9.17, 15) is 4.79 Å². The van der Waals surface area contributed by atoms with Crippen LogP contribution in [0.3, 0.4) is 0 Å². The highest BCUT2D eigenvalue weighted by atomic mass is 16.2. The van der Waals surface area contributed by atoms with Gasteiger partial charge in [0.05, 0.1) is 6.54 Å². The number of rotatable bonds is 6. The molecule has 2 atom stereocenters. The summed E-state index contributed by atoms with van der Waals surface area (Å²) in [6.07, 6.45) is 5.06. The lowest BCUT2D eigenvalue weighted by molar-refractivity contribution is -0.123. The molecule has 2 aliphatic rings. The number of carbonyl (C=O) groups is 1. The van der Waals surface area contributed by atoms with Crippen LogP contribution in [0.4, 0.5) is 0 Å². The van der Waals surface area contributed by atoms with Crippen molar-refractivity contribution >= 4 is 5.91 Å². The molecule has 2 aliphatic heterocycles. The Morgan fingerprint density at radius 2 is 1.95 bits per heavy atom. The summed E-state index contributed by atoms with van der Waals surface area (Å²) in [6.45, 7) is 8.74. The highest BCUT2D eigenvalue weighted by Crippen LogP contribution is 2.29. The van der Waals surface area contributed by atoms with E-state index in [2.05, 4.69) is 36.3 Å². The normalized spacial score (nSPS) is 30.1. The second-order valence-electron chi connectivity index (χ2n) is 6.52. The van der Waals surface area contributed by atoms with Crippen molar-refractivity contribution in [3.8, 4) is 0 Å². The molecule has 0 aromatic rings. The molecule has 110 valence electrons. The zero-order valence-corrected chi connectivity index (χ0v) is 12.6. The average molecular weight is 267 g/mol. The van der Waals surface area contributed by atoms with Crippen LogP contribution in [0.1, 0.15) is 46.5 Å². The van der Waals surface area contributed by atoms with Crippen molar-refractivity contribution in [1.82, 2.24) is 15.5 Å². The lowest BCUT2D eigenvalue weighted by atomic mass is 9.98. The summed E-state index contributed by atoms with van der Waals surface area (Å²) in [5.41, 5.74) is 0. The first kappa shape index (κ1) is 14.8. The number of hydrogen-bond donors (Lipinski definition) is 2. The highest BCUT2D eigenvalue weighted by molar-refractivity contribution is 5.78. The smallest absolute Gasteiger partial charge is 0.234 e. The molecule has 2 saturated heterocycles. The molecule has 4 heteroatoms. The average Bonchev–Trinajstić information content (AvgIpc) is 2.72. The van der Waals surface area contributed by atoms with Crippen LogP contribution in [0.5, 0.6) is 0 Å². The molecule has 0 aromatic carbocycles. The van der Waals surface area contributed by atoms with E-state index in [1.54, 1.807) is 0 Å². The first-order valence-electron chi connectivity index (χ1n) is 7.85. The van der Waals surface area contributed by atoms with Crippen LogP contribution in [-0.4, -0.2) is 48.6 Å². The number of likely N-dealkylation sites (N-methyl/N-ethyl adjacent to an activating group) is 1. The number of amides is 1. The zero-order valence-electron chi connectivity index (χ0n) is 12.6. The molecule has 0 aromatic heterocycles. The van der Waals surface area contributed by atoms with Crippen molar-refractivity contribution < 1.29 is 4.79 Å². The summed E-state index contributed by atoms with van der Waals surface area (Å²) in [6, 6.07) is 1.97. The lowest BCUT2D eigenvalue weighted by Crippen LogP contribution is -2.50. The zero-order chi connectivity index (χ0) is 13.8. The van der Waals surface area contributed by atoms with Crippen LogP contribution in [0.25, 0.3) is 0 Å². The Morgan fingerprint density at radius 3 is 2.47 bits per heavy atom. The van der Waals surface area contributed by atoms with Crippen LogP contribution in [0.15, 0.2) is 0 Å². The molecule has 19 heavy (non-hydrogen) atoms. The van der Waals surface area contributed by atoms with Gasteiger partial charge in [-0.1, -0.05) is 20.8 Å². The number of nitrogens with zero attached hydrogens (tertiary/aromatic N) is 1. The molecule has 2 bridgehead atoms. The van der Waals surface area contributed by atoms with Gasteiger partial charge in [-0.3, -0.25) is 9.69 Å². The Labute approximate surface area is 117 Å². The topological polar surface area (TPSA) is 44.4 Å². The van der Waals surface area contributed by atoms with Gasteiger partial charge >= 0.3 is 0 Å². The molecular weight excluding hydrogens is 238 g/mol. The van der Waals surface area contributed by atoms with Crippen LogP contribution < -0.4 is 10.6 Å². The van der Waals surface area contributed by atoms with Crippen LogP contribution in [0.2, 0.25) is 0 Å². The summed E-state index contributed by atoms with van der Waals surface area (Å²) >= 11 is 0. The van der Waals surface area contributed by atoms with Crippen molar-refractivity contribution in [2.45, 2.75) is 64.6 Å². The summed E-state index contributed by atoms with van der Waals surface area (Å²) in [7, 11) is 0. The fourth-order valence-electron chi connectivity index (χ4n) is 3.38. The third-order valence-electron chi connectivity index (χ3n) is 4.42. The molecule has 0 spiro atoms. The summed E-state index contributed by atoms with van der Waals surface area (Å²) in [5.74, 6) is 0.704. The first-order valence-corrected chi connectivity index (χ1v) is 7.85. The monoisotopic (exact) mass is 267 g/mol. The van der Waals surface area contributed by atoms with E-state index >= 15 is 0 Å². The van der Waals surface area contributed by atoms with E-state index in [1.807, 2.05) is 0 Å². The minimum Gasteiger partial charge on any atom is -0.355 e. The van der Waals surface area contributed by atoms with Gasteiger partial charge in [-0.15, -0.1) is 0 Å². The Hall–Kier alpha value is -0.610. The molecule has 0 saturated carbocycles. The number of carbonyl (C=O) groups excluding carboxylic acids is 1. The van der Waals surface area contributed by atoms with Crippen LogP contribution >= 0.6 is 0 Å². The Balaban J connectivity index is 1.81. The molecule has 2 unspecified atom stereocenters. The number of fused-ring (bicyclic) bond motifs is 2. The highest BCUT2D eigenvalue weighted by Gasteiger charge is 2.35. The van der Waals surface area contributed by atoms with E-state index in [0.717, 1.165) is 13.1 Å². The van der Waals surface area contributed by atoms with Gasteiger partial charge in [0.15, 0.2) is 0 Å². The minimum atomic E-state index is 0.182. The number of piperidine rings is 1. The summed E-state index contributed by atoms with van der Waals surface area (Å²) in [5, 5.41) is 6.69. The SMILES string of the molecule is CCN(CC(=O)NCC(C)C)C1CC2CCC(C1)N2. The maximum atomic E-state index is 12.0. The largest absolute Gasteiger partial charge is 0.355 e. The molecular formula is C15H29N3O. The summed E-state index contributed by atoms with van der Waals surface area (Å²) in [4.78, 5) is 14.3.